The average Bonchev–Trinajstić information content (AvgIpc) is 3.13. The zero-order chi connectivity index (χ0) is 16.4. The first-order valence-electron chi connectivity index (χ1n) is 7.40. The van der Waals surface area contributed by atoms with E-state index in [0.29, 0.717) is 23.7 Å². The SMILES string of the molecule is Cc1ncsc1C(=O)N(C)C[C@@H]1C[C@H](F)CN1c1cccnn1. The topological polar surface area (TPSA) is 62.2 Å². The standard InChI is InChI=1S/C15H18FN5OS/c1-10-14(23-9-17-10)15(22)20(2)8-12-6-11(16)7-21(12)13-4-3-5-18-19-13/h3-5,9,11-12H,6-8H2,1-2H3/t11-,12-/m0/s1. The fourth-order valence-corrected chi connectivity index (χ4v) is 3.64. The molecule has 0 bridgehead atoms. The van der Waals surface area contributed by atoms with E-state index in [-0.39, 0.29) is 18.5 Å². The van der Waals surface area contributed by atoms with Crippen molar-refractivity contribution in [3.63, 3.8) is 0 Å². The van der Waals surface area contributed by atoms with Gasteiger partial charge in [0, 0.05) is 26.2 Å². The van der Waals surface area contributed by atoms with Gasteiger partial charge in [0.15, 0.2) is 5.82 Å². The fraction of sp³-hybridized carbons (Fsp3) is 0.467. The lowest BCUT2D eigenvalue weighted by molar-refractivity contribution is 0.0789. The van der Waals surface area contributed by atoms with E-state index in [0.717, 1.165) is 5.69 Å². The Labute approximate surface area is 138 Å². The summed E-state index contributed by atoms with van der Waals surface area (Å²) < 4.78 is 13.9. The number of hydrogen-bond acceptors (Lipinski definition) is 6. The molecule has 0 spiro atoms. The van der Waals surface area contributed by atoms with E-state index >= 15 is 0 Å². The van der Waals surface area contributed by atoms with Gasteiger partial charge in [0.2, 0.25) is 0 Å². The van der Waals surface area contributed by atoms with Crippen LogP contribution in [0.1, 0.15) is 21.8 Å². The van der Waals surface area contributed by atoms with E-state index in [1.165, 1.54) is 11.3 Å². The van der Waals surface area contributed by atoms with Gasteiger partial charge < -0.3 is 9.80 Å². The quantitative estimate of drug-likeness (QED) is 0.854. The van der Waals surface area contributed by atoms with Gasteiger partial charge in [-0.2, -0.15) is 5.10 Å². The summed E-state index contributed by atoms with van der Waals surface area (Å²) in [6.45, 7) is 2.54. The maximum atomic E-state index is 13.9. The number of halogens is 1. The van der Waals surface area contributed by atoms with Crippen LogP contribution in [0.2, 0.25) is 0 Å². The van der Waals surface area contributed by atoms with E-state index in [2.05, 4.69) is 15.2 Å². The Bertz CT molecular complexity index is 680. The minimum Gasteiger partial charge on any atom is -0.347 e. The molecule has 2 aromatic heterocycles. The van der Waals surface area contributed by atoms with E-state index < -0.39 is 6.17 Å². The number of thiazole rings is 1. The van der Waals surface area contributed by atoms with Crippen molar-refractivity contribution in [2.24, 2.45) is 0 Å². The van der Waals surface area contributed by atoms with E-state index in [4.69, 9.17) is 0 Å². The van der Waals surface area contributed by atoms with E-state index in [9.17, 15) is 9.18 Å². The summed E-state index contributed by atoms with van der Waals surface area (Å²) in [5.41, 5.74) is 2.39. The molecule has 0 unspecified atom stereocenters. The number of carbonyl (C=O) groups is 1. The predicted octanol–water partition coefficient (Wildman–Crippen LogP) is 1.93. The Hall–Kier alpha value is -2.09. The Kier molecular flexibility index (Phi) is 4.51. The van der Waals surface area contributed by atoms with Crippen LogP contribution < -0.4 is 4.90 Å². The molecule has 6 nitrogen and oxygen atoms in total. The van der Waals surface area contributed by atoms with Crippen molar-refractivity contribution in [2.75, 3.05) is 25.0 Å². The summed E-state index contributed by atoms with van der Waals surface area (Å²) in [5.74, 6) is 0.568. The molecule has 1 amide bonds. The molecule has 3 rings (SSSR count). The lowest BCUT2D eigenvalue weighted by Gasteiger charge is -2.28. The van der Waals surface area contributed by atoms with Gasteiger partial charge >= 0.3 is 0 Å². The van der Waals surface area contributed by atoms with Crippen molar-refractivity contribution < 1.29 is 9.18 Å². The third-order valence-electron chi connectivity index (χ3n) is 3.99. The van der Waals surface area contributed by atoms with Crippen LogP contribution in [-0.2, 0) is 0 Å². The molecule has 1 saturated heterocycles. The van der Waals surface area contributed by atoms with Gasteiger partial charge in [0.25, 0.3) is 5.91 Å². The van der Waals surface area contributed by atoms with Crippen molar-refractivity contribution in [1.82, 2.24) is 20.1 Å². The van der Waals surface area contributed by atoms with Gasteiger partial charge in [-0.3, -0.25) is 4.79 Å². The van der Waals surface area contributed by atoms with Crippen molar-refractivity contribution in [2.45, 2.75) is 25.6 Å². The van der Waals surface area contributed by atoms with Gasteiger partial charge in [0.1, 0.15) is 11.0 Å². The third-order valence-corrected chi connectivity index (χ3v) is 4.90. The minimum absolute atomic E-state index is 0.0774. The summed E-state index contributed by atoms with van der Waals surface area (Å²) >= 11 is 1.33. The fourth-order valence-electron chi connectivity index (χ4n) is 2.84. The van der Waals surface area contributed by atoms with Crippen molar-refractivity contribution in [3.8, 4) is 0 Å². The first kappa shape index (κ1) is 15.8. The van der Waals surface area contributed by atoms with Gasteiger partial charge in [-0.25, -0.2) is 9.37 Å². The van der Waals surface area contributed by atoms with Crippen LogP contribution in [0, 0.1) is 6.92 Å². The molecule has 122 valence electrons. The molecule has 1 aliphatic rings. The van der Waals surface area contributed by atoms with Crippen molar-refractivity contribution in [3.05, 3.63) is 34.4 Å². The monoisotopic (exact) mass is 335 g/mol. The maximum absolute atomic E-state index is 13.9. The highest BCUT2D eigenvalue weighted by molar-refractivity contribution is 7.11. The second-order valence-corrected chi connectivity index (χ2v) is 6.53. The zero-order valence-electron chi connectivity index (χ0n) is 13.0. The molecule has 2 aromatic rings. The number of hydrogen-bond donors (Lipinski definition) is 0. The number of aromatic nitrogens is 3. The van der Waals surface area contributed by atoms with Crippen LogP contribution in [0.25, 0.3) is 0 Å². The first-order valence-corrected chi connectivity index (χ1v) is 8.28. The Balaban J connectivity index is 1.73. The van der Waals surface area contributed by atoms with Crippen LogP contribution in [0.4, 0.5) is 10.2 Å². The molecule has 0 aromatic carbocycles. The number of amides is 1. The van der Waals surface area contributed by atoms with Crippen LogP contribution >= 0.6 is 11.3 Å². The predicted molar refractivity (Wildman–Crippen MR) is 86.5 cm³/mol. The van der Waals surface area contributed by atoms with Crippen LogP contribution in [-0.4, -0.2) is 58.3 Å². The lowest BCUT2D eigenvalue weighted by Crippen LogP contribution is -2.41. The Morgan fingerprint density at radius 3 is 3.04 bits per heavy atom. The van der Waals surface area contributed by atoms with Crippen molar-refractivity contribution in [1.29, 1.82) is 0 Å². The largest absolute Gasteiger partial charge is 0.347 e. The smallest absolute Gasteiger partial charge is 0.265 e. The molecule has 0 radical (unpaired) electrons. The van der Waals surface area contributed by atoms with Gasteiger partial charge in [-0.05, 0) is 19.1 Å². The summed E-state index contributed by atoms with van der Waals surface area (Å²) in [6.07, 6.45) is 1.05. The highest BCUT2D eigenvalue weighted by Crippen LogP contribution is 2.26. The molecule has 1 fully saturated rings. The molecule has 23 heavy (non-hydrogen) atoms. The molecule has 0 N–H and O–H groups in total. The van der Waals surface area contributed by atoms with Gasteiger partial charge in [-0.1, -0.05) is 0 Å². The highest BCUT2D eigenvalue weighted by atomic mass is 32.1. The minimum atomic E-state index is -0.921. The second kappa shape index (κ2) is 6.57. The number of carbonyl (C=O) groups excluding carboxylic acids is 1. The molecule has 0 aliphatic carbocycles. The summed E-state index contributed by atoms with van der Waals surface area (Å²) in [7, 11) is 1.74. The molecule has 1 aliphatic heterocycles. The highest BCUT2D eigenvalue weighted by Gasteiger charge is 2.34. The van der Waals surface area contributed by atoms with Crippen LogP contribution in [0.5, 0.6) is 0 Å². The van der Waals surface area contributed by atoms with E-state index in [1.54, 1.807) is 29.7 Å². The Morgan fingerprint density at radius 2 is 2.39 bits per heavy atom. The lowest BCUT2D eigenvalue weighted by atomic mass is 10.2. The number of alkyl halides is 1. The molecule has 8 heteroatoms. The van der Waals surface area contributed by atoms with Gasteiger partial charge in [-0.15, -0.1) is 16.4 Å². The molecule has 3 heterocycles. The molecular weight excluding hydrogens is 317 g/mol. The average molecular weight is 335 g/mol. The number of nitrogens with zero attached hydrogens (tertiary/aromatic N) is 5. The normalized spacial score (nSPS) is 20.7. The Morgan fingerprint density at radius 1 is 1.57 bits per heavy atom. The molecule has 2 atom stereocenters. The van der Waals surface area contributed by atoms with Gasteiger partial charge in [0.05, 0.1) is 23.8 Å². The third kappa shape index (κ3) is 3.31. The number of aryl methyl sites for hydroxylation is 1. The zero-order valence-corrected chi connectivity index (χ0v) is 13.8. The summed E-state index contributed by atoms with van der Waals surface area (Å²) in [6, 6.07) is 3.48. The summed E-state index contributed by atoms with van der Waals surface area (Å²) in [5, 5.41) is 7.91. The number of anilines is 1. The summed E-state index contributed by atoms with van der Waals surface area (Å²) in [4.78, 5) is 20.8. The molecule has 0 saturated carbocycles. The number of rotatable bonds is 4. The number of likely N-dealkylation sites (N-methyl/N-ethyl adjacent to an activating group) is 1. The molecular formula is C15H18FN5OS. The maximum Gasteiger partial charge on any atom is 0.265 e. The second-order valence-electron chi connectivity index (χ2n) is 5.67. The van der Waals surface area contributed by atoms with Crippen LogP contribution in [0.15, 0.2) is 23.8 Å². The van der Waals surface area contributed by atoms with Crippen molar-refractivity contribution >= 4 is 23.1 Å². The first-order chi connectivity index (χ1) is 11.1. The van der Waals surface area contributed by atoms with E-state index in [1.807, 2.05) is 17.9 Å². The van der Waals surface area contributed by atoms with Crippen LogP contribution in [0.3, 0.4) is 0 Å².